The molecule has 1 aromatic rings. The van der Waals surface area contributed by atoms with Gasteiger partial charge in [0.25, 0.3) is 5.91 Å². The van der Waals surface area contributed by atoms with Crippen molar-refractivity contribution in [3.63, 3.8) is 0 Å². The van der Waals surface area contributed by atoms with Gasteiger partial charge in [-0.1, -0.05) is 31.9 Å². The van der Waals surface area contributed by atoms with Gasteiger partial charge < -0.3 is 15.2 Å². The lowest BCUT2D eigenvalue weighted by atomic mass is 10.1. The molecule has 0 aliphatic carbocycles. The summed E-state index contributed by atoms with van der Waals surface area (Å²) in [5.41, 5.74) is 0.776. The zero-order valence-corrected chi connectivity index (χ0v) is 12.6. The van der Waals surface area contributed by atoms with Gasteiger partial charge in [0.2, 0.25) is 0 Å². The number of aliphatic hydroxyl groups is 1. The molecule has 4 nitrogen and oxygen atoms in total. The topological polar surface area (TPSA) is 58.6 Å². The fourth-order valence-electron chi connectivity index (χ4n) is 1.84. The fourth-order valence-corrected chi connectivity index (χ4v) is 1.84. The summed E-state index contributed by atoms with van der Waals surface area (Å²) in [5.74, 6) is 0.489. The highest BCUT2D eigenvalue weighted by Crippen LogP contribution is 2.19. The molecule has 0 bridgehead atoms. The first-order chi connectivity index (χ1) is 9.54. The van der Waals surface area contributed by atoms with Crippen molar-refractivity contribution in [3.8, 4) is 5.75 Å². The fraction of sp³-hybridized carbons (Fsp3) is 0.562. The molecule has 0 aromatic heterocycles. The number of carbonyl (C=O) groups excluding carboxylic acids is 1. The number of hydrogen-bond donors (Lipinski definition) is 2. The van der Waals surface area contributed by atoms with E-state index in [0.717, 1.165) is 24.8 Å². The molecule has 0 heterocycles. The summed E-state index contributed by atoms with van der Waals surface area (Å²) < 4.78 is 5.60. The Morgan fingerprint density at radius 3 is 2.75 bits per heavy atom. The molecule has 0 aliphatic rings. The normalized spacial score (nSPS) is 13.6. The minimum absolute atomic E-state index is 0.108. The zero-order valence-electron chi connectivity index (χ0n) is 12.6. The van der Waals surface area contributed by atoms with E-state index >= 15 is 0 Å². The molecule has 1 rings (SSSR count). The minimum atomic E-state index is -0.545. The van der Waals surface area contributed by atoms with Crippen LogP contribution in [0.1, 0.15) is 51.7 Å². The maximum absolute atomic E-state index is 11.8. The van der Waals surface area contributed by atoms with E-state index in [-0.39, 0.29) is 5.91 Å². The van der Waals surface area contributed by atoms with Gasteiger partial charge in [-0.3, -0.25) is 4.79 Å². The van der Waals surface area contributed by atoms with Crippen molar-refractivity contribution in [2.24, 2.45) is 0 Å². The Morgan fingerprint density at radius 1 is 1.35 bits per heavy atom. The number of rotatable bonds is 8. The highest BCUT2D eigenvalue weighted by Gasteiger charge is 2.14. The van der Waals surface area contributed by atoms with Crippen LogP contribution < -0.4 is 10.1 Å². The van der Waals surface area contributed by atoms with Crippen molar-refractivity contribution in [1.82, 2.24) is 5.32 Å². The van der Waals surface area contributed by atoms with E-state index in [9.17, 15) is 9.90 Å². The summed E-state index contributed by atoms with van der Waals surface area (Å²) in [5, 5.41) is 12.4. The third-order valence-corrected chi connectivity index (χ3v) is 3.10. The molecule has 0 fully saturated rings. The molecule has 2 N–H and O–H groups in total. The molecule has 0 saturated carbocycles. The number of ether oxygens (including phenoxy) is 1. The van der Waals surface area contributed by atoms with Crippen molar-refractivity contribution in [2.75, 3.05) is 6.54 Å². The van der Waals surface area contributed by atoms with E-state index in [4.69, 9.17) is 4.74 Å². The van der Waals surface area contributed by atoms with Crippen LogP contribution in [0.25, 0.3) is 0 Å². The average Bonchev–Trinajstić information content (AvgIpc) is 2.43. The van der Waals surface area contributed by atoms with Crippen molar-refractivity contribution < 1.29 is 14.6 Å². The van der Waals surface area contributed by atoms with Crippen LogP contribution in [-0.2, 0) is 4.79 Å². The average molecular weight is 279 g/mol. The summed E-state index contributed by atoms with van der Waals surface area (Å²) >= 11 is 0. The Labute approximate surface area is 121 Å². The molecule has 1 unspecified atom stereocenters. The van der Waals surface area contributed by atoms with Gasteiger partial charge in [0.1, 0.15) is 5.75 Å². The number of aliphatic hydroxyl groups excluding tert-OH is 1. The quantitative estimate of drug-likeness (QED) is 0.719. The number of hydrogen-bond acceptors (Lipinski definition) is 3. The van der Waals surface area contributed by atoms with Crippen molar-refractivity contribution >= 4 is 5.91 Å². The Morgan fingerprint density at radius 2 is 2.10 bits per heavy atom. The van der Waals surface area contributed by atoms with E-state index in [1.165, 1.54) is 0 Å². The number of amides is 1. The largest absolute Gasteiger partial charge is 0.481 e. The lowest BCUT2D eigenvalue weighted by Crippen LogP contribution is -2.36. The van der Waals surface area contributed by atoms with E-state index in [1.807, 2.05) is 12.1 Å². The molecule has 0 aliphatic heterocycles. The van der Waals surface area contributed by atoms with Crippen LogP contribution in [0.2, 0.25) is 0 Å². The van der Waals surface area contributed by atoms with Gasteiger partial charge in [0.15, 0.2) is 6.10 Å². The lowest BCUT2D eigenvalue weighted by molar-refractivity contribution is -0.127. The van der Waals surface area contributed by atoms with Gasteiger partial charge in [-0.05, 0) is 38.0 Å². The molecular weight excluding hydrogens is 254 g/mol. The van der Waals surface area contributed by atoms with E-state index in [0.29, 0.717) is 12.3 Å². The number of carbonyl (C=O) groups is 1. The van der Waals surface area contributed by atoms with Crippen LogP contribution in [0.15, 0.2) is 24.3 Å². The summed E-state index contributed by atoms with van der Waals surface area (Å²) in [7, 11) is 0. The van der Waals surface area contributed by atoms with Crippen LogP contribution in [-0.4, -0.2) is 23.7 Å². The molecule has 1 amide bonds. The van der Waals surface area contributed by atoms with Crippen LogP contribution >= 0.6 is 0 Å². The Kier molecular flexibility index (Phi) is 7.09. The Balaban J connectivity index is 2.46. The second-order valence-electron chi connectivity index (χ2n) is 5.01. The maximum Gasteiger partial charge on any atom is 0.260 e. The number of benzene rings is 1. The van der Waals surface area contributed by atoms with Gasteiger partial charge >= 0.3 is 0 Å². The van der Waals surface area contributed by atoms with Crippen LogP contribution in [0.4, 0.5) is 0 Å². The van der Waals surface area contributed by atoms with Gasteiger partial charge in [0.05, 0.1) is 6.10 Å². The first kappa shape index (κ1) is 16.5. The molecule has 0 spiro atoms. The summed E-state index contributed by atoms with van der Waals surface area (Å²) in [6, 6.07) is 7.18. The molecule has 1 aromatic carbocycles. The van der Waals surface area contributed by atoms with Crippen molar-refractivity contribution in [2.45, 2.75) is 52.2 Å². The second-order valence-corrected chi connectivity index (χ2v) is 5.01. The smallest absolute Gasteiger partial charge is 0.260 e. The van der Waals surface area contributed by atoms with Gasteiger partial charge in [-0.25, -0.2) is 0 Å². The first-order valence-corrected chi connectivity index (χ1v) is 7.27. The SMILES string of the molecule is CCCCCNC(=O)C(C)Oc1cccc([C@@H](C)O)c1. The predicted octanol–water partition coefficient (Wildman–Crippen LogP) is 2.81. The summed E-state index contributed by atoms with van der Waals surface area (Å²) in [6.45, 7) is 6.24. The van der Waals surface area contributed by atoms with E-state index < -0.39 is 12.2 Å². The van der Waals surface area contributed by atoms with Crippen molar-refractivity contribution in [1.29, 1.82) is 0 Å². The van der Waals surface area contributed by atoms with E-state index in [2.05, 4.69) is 12.2 Å². The first-order valence-electron chi connectivity index (χ1n) is 7.27. The molecule has 4 heteroatoms. The zero-order chi connectivity index (χ0) is 15.0. The van der Waals surface area contributed by atoms with Gasteiger partial charge in [-0.15, -0.1) is 0 Å². The van der Waals surface area contributed by atoms with Crippen LogP contribution in [0.3, 0.4) is 0 Å². The lowest BCUT2D eigenvalue weighted by Gasteiger charge is -2.15. The van der Waals surface area contributed by atoms with Gasteiger partial charge in [-0.2, -0.15) is 0 Å². The highest BCUT2D eigenvalue weighted by atomic mass is 16.5. The van der Waals surface area contributed by atoms with Crippen LogP contribution in [0.5, 0.6) is 5.75 Å². The molecule has 0 radical (unpaired) electrons. The van der Waals surface area contributed by atoms with Crippen LogP contribution in [0, 0.1) is 0 Å². The summed E-state index contributed by atoms with van der Waals surface area (Å²) in [6.07, 6.45) is 2.16. The number of unbranched alkanes of at least 4 members (excludes halogenated alkanes) is 2. The maximum atomic E-state index is 11.8. The monoisotopic (exact) mass is 279 g/mol. The molecule has 2 atom stereocenters. The summed E-state index contributed by atoms with van der Waals surface area (Å²) in [4.78, 5) is 11.8. The standard InChI is InChI=1S/C16H25NO3/c1-4-5-6-10-17-16(19)13(3)20-15-9-7-8-14(11-15)12(2)18/h7-9,11-13,18H,4-6,10H2,1-3H3,(H,17,19)/t12-,13?/m1/s1. The third kappa shape index (κ3) is 5.61. The molecular formula is C16H25NO3. The molecule has 112 valence electrons. The number of nitrogens with one attached hydrogen (secondary N) is 1. The molecule has 20 heavy (non-hydrogen) atoms. The Bertz CT molecular complexity index is 418. The second kappa shape index (κ2) is 8.59. The Hall–Kier alpha value is -1.55. The minimum Gasteiger partial charge on any atom is -0.481 e. The van der Waals surface area contributed by atoms with Crippen molar-refractivity contribution in [3.05, 3.63) is 29.8 Å². The highest BCUT2D eigenvalue weighted by molar-refractivity contribution is 5.80. The molecule has 0 saturated heterocycles. The van der Waals surface area contributed by atoms with Gasteiger partial charge in [0, 0.05) is 6.54 Å². The predicted molar refractivity (Wildman–Crippen MR) is 79.7 cm³/mol. The third-order valence-electron chi connectivity index (χ3n) is 3.10. The van der Waals surface area contributed by atoms with E-state index in [1.54, 1.807) is 26.0 Å².